The van der Waals surface area contributed by atoms with Gasteiger partial charge in [0, 0.05) is 18.9 Å². The second kappa shape index (κ2) is 6.56. The van der Waals surface area contributed by atoms with Crippen LogP contribution >= 0.6 is 0 Å². The average Bonchev–Trinajstić information content (AvgIpc) is 3.18. The first-order valence-corrected chi connectivity index (χ1v) is 7.70. The highest BCUT2D eigenvalue weighted by Gasteiger charge is 2.26. The number of rotatable bonds is 5. The first-order chi connectivity index (χ1) is 10.8. The minimum atomic E-state index is 0.438. The van der Waals surface area contributed by atoms with Gasteiger partial charge in [-0.25, -0.2) is 4.98 Å². The summed E-state index contributed by atoms with van der Waals surface area (Å²) in [5.41, 5.74) is 1.41. The van der Waals surface area contributed by atoms with Crippen molar-refractivity contribution in [2.24, 2.45) is 5.92 Å². The Morgan fingerprint density at radius 1 is 1.32 bits per heavy atom. The van der Waals surface area contributed by atoms with Crippen molar-refractivity contribution in [1.29, 1.82) is 5.26 Å². The number of hydrogen-bond acceptors (Lipinski definition) is 6. The maximum absolute atomic E-state index is 8.75. The zero-order valence-electron chi connectivity index (χ0n) is 12.6. The molecular formula is C16H19N5O. The van der Waals surface area contributed by atoms with E-state index < -0.39 is 0 Å². The summed E-state index contributed by atoms with van der Waals surface area (Å²) in [6.07, 6.45) is 6.73. The molecule has 0 unspecified atom stereocenters. The number of nitriles is 1. The quantitative estimate of drug-likeness (QED) is 0.913. The molecule has 0 aromatic carbocycles. The summed E-state index contributed by atoms with van der Waals surface area (Å²) in [6, 6.07) is 6.11. The molecule has 0 radical (unpaired) electrons. The van der Waals surface area contributed by atoms with Gasteiger partial charge in [-0.15, -0.1) is 10.2 Å². The number of nitrogens with zero attached hydrogens (tertiary/aromatic N) is 4. The van der Waals surface area contributed by atoms with Gasteiger partial charge >= 0.3 is 0 Å². The summed E-state index contributed by atoms with van der Waals surface area (Å²) >= 11 is 0. The predicted molar refractivity (Wildman–Crippen MR) is 81.1 cm³/mol. The van der Waals surface area contributed by atoms with Gasteiger partial charge < -0.3 is 9.73 Å². The normalized spacial score (nSPS) is 20.7. The van der Waals surface area contributed by atoms with Crippen molar-refractivity contribution in [3.63, 3.8) is 0 Å². The number of aromatic nitrogens is 3. The third-order valence-electron chi connectivity index (χ3n) is 4.06. The maximum Gasteiger partial charge on any atom is 0.216 e. The molecule has 2 heterocycles. The number of pyridine rings is 1. The van der Waals surface area contributed by atoms with Crippen LogP contribution in [0.15, 0.2) is 22.7 Å². The molecule has 0 bridgehead atoms. The van der Waals surface area contributed by atoms with Crippen molar-refractivity contribution >= 4 is 5.69 Å². The van der Waals surface area contributed by atoms with E-state index in [1.165, 1.54) is 0 Å². The Labute approximate surface area is 129 Å². The second-order valence-electron chi connectivity index (χ2n) is 5.71. The number of aryl methyl sites for hydroxylation is 1. The summed E-state index contributed by atoms with van der Waals surface area (Å²) < 4.78 is 5.59. The minimum absolute atomic E-state index is 0.438. The molecule has 1 aliphatic rings. The first-order valence-electron chi connectivity index (χ1n) is 7.70. The summed E-state index contributed by atoms with van der Waals surface area (Å²) in [7, 11) is 0. The Kier molecular flexibility index (Phi) is 4.33. The summed E-state index contributed by atoms with van der Waals surface area (Å²) in [6.45, 7) is 2.01. The number of nitrogens with one attached hydrogen (secondary N) is 1. The van der Waals surface area contributed by atoms with E-state index in [1.807, 2.05) is 19.1 Å². The Morgan fingerprint density at radius 2 is 2.18 bits per heavy atom. The van der Waals surface area contributed by atoms with E-state index >= 15 is 0 Å². The first kappa shape index (κ1) is 14.5. The van der Waals surface area contributed by atoms with Gasteiger partial charge in [0.25, 0.3) is 0 Å². The van der Waals surface area contributed by atoms with Crippen molar-refractivity contribution in [2.75, 3.05) is 5.32 Å². The van der Waals surface area contributed by atoms with Crippen molar-refractivity contribution < 1.29 is 4.42 Å². The molecule has 0 saturated heterocycles. The molecule has 2 aromatic rings. The topological polar surface area (TPSA) is 87.6 Å². The molecule has 0 spiro atoms. The maximum atomic E-state index is 8.75. The fraction of sp³-hybridized carbons (Fsp3) is 0.500. The fourth-order valence-electron chi connectivity index (χ4n) is 2.93. The minimum Gasteiger partial charge on any atom is -0.425 e. The van der Waals surface area contributed by atoms with Gasteiger partial charge in [0.2, 0.25) is 11.8 Å². The SMILES string of the molecule is CCc1nnc(C[C@@H]2CC[C@H](Nc3ccc(C#N)nc3)C2)o1. The van der Waals surface area contributed by atoms with Gasteiger partial charge in [0.15, 0.2) is 0 Å². The summed E-state index contributed by atoms with van der Waals surface area (Å²) in [4.78, 5) is 4.08. The lowest BCUT2D eigenvalue weighted by Gasteiger charge is -2.14. The molecule has 1 saturated carbocycles. The Balaban J connectivity index is 1.52. The smallest absolute Gasteiger partial charge is 0.216 e. The van der Waals surface area contributed by atoms with Gasteiger partial charge in [0.1, 0.15) is 11.8 Å². The van der Waals surface area contributed by atoms with Gasteiger partial charge in [-0.05, 0) is 37.3 Å². The summed E-state index contributed by atoms with van der Waals surface area (Å²) in [5, 5.41) is 20.4. The zero-order chi connectivity index (χ0) is 15.4. The lowest BCUT2D eigenvalue weighted by molar-refractivity contribution is 0.409. The predicted octanol–water partition coefficient (Wildman–Crippen LogP) is 2.72. The van der Waals surface area contributed by atoms with Gasteiger partial charge in [-0.1, -0.05) is 6.92 Å². The highest BCUT2D eigenvalue weighted by atomic mass is 16.4. The molecule has 0 amide bonds. The Morgan fingerprint density at radius 3 is 2.86 bits per heavy atom. The molecule has 1 fully saturated rings. The van der Waals surface area contributed by atoms with Crippen molar-refractivity contribution in [2.45, 2.75) is 45.1 Å². The average molecular weight is 297 g/mol. The van der Waals surface area contributed by atoms with E-state index in [1.54, 1.807) is 12.3 Å². The van der Waals surface area contributed by atoms with Crippen molar-refractivity contribution in [3.05, 3.63) is 35.8 Å². The van der Waals surface area contributed by atoms with E-state index in [9.17, 15) is 0 Å². The van der Waals surface area contributed by atoms with E-state index in [2.05, 4.69) is 20.5 Å². The largest absolute Gasteiger partial charge is 0.425 e. The van der Waals surface area contributed by atoms with Gasteiger partial charge in [-0.3, -0.25) is 0 Å². The molecule has 2 aromatic heterocycles. The molecule has 6 heteroatoms. The van der Waals surface area contributed by atoms with Crippen molar-refractivity contribution in [3.8, 4) is 6.07 Å². The van der Waals surface area contributed by atoms with E-state index in [0.29, 0.717) is 23.5 Å². The molecule has 0 aliphatic heterocycles. The molecule has 22 heavy (non-hydrogen) atoms. The van der Waals surface area contributed by atoms with Crippen LogP contribution in [0.1, 0.15) is 43.7 Å². The molecule has 1 aliphatic carbocycles. The lowest BCUT2D eigenvalue weighted by Crippen LogP contribution is -2.16. The molecule has 6 nitrogen and oxygen atoms in total. The standard InChI is InChI=1S/C16H19N5O/c1-2-15-20-21-16(22-15)8-11-3-4-12(7-11)19-14-6-5-13(9-17)18-10-14/h5-6,10-12,19H,2-4,7-8H2,1H3/t11-,12+/m1/s1. The fourth-order valence-corrected chi connectivity index (χ4v) is 2.93. The van der Waals surface area contributed by atoms with E-state index in [0.717, 1.165) is 43.7 Å². The van der Waals surface area contributed by atoms with Crippen LogP contribution in [-0.4, -0.2) is 21.2 Å². The van der Waals surface area contributed by atoms with Crippen LogP contribution < -0.4 is 5.32 Å². The van der Waals surface area contributed by atoms with Crippen LogP contribution in [0.4, 0.5) is 5.69 Å². The van der Waals surface area contributed by atoms with Crippen LogP contribution in [0, 0.1) is 17.2 Å². The van der Waals surface area contributed by atoms with Crippen LogP contribution in [0.2, 0.25) is 0 Å². The zero-order valence-corrected chi connectivity index (χ0v) is 12.6. The summed E-state index contributed by atoms with van der Waals surface area (Å²) in [5.74, 6) is 2.04. The molecule has 3 rings (SSSR count). The highest BCUT2D eigenvalue weighted by molar-refractivity contribution is 5.43. The highest BCUT2D eigenvalue weighted by Crippen LogP contribution is 2.30. The second-order valence-corrected chi connectivity index (χ2v) is 5.71. The number of anilines is 1. The third-order valence-corrected chi connectivity index (χ3v) is 4.06. The number of hydrogen-bond donors (Lipinski definition) is 1. The van der Waals surface area contributed by atoms with Gasteiger partial charge in [0.05, 0.1) is 11.9 Å². The van der Waals surface area contributed by atoms with Crippen LogP contribution in [0.5, 0.6) is 0 Å². The van der Waals surface area contributed by atoms with Crippen LogP contribution in [-0.2, 0) is 12.8 Å². The lowest BCUT2D eigenvalue weighted by atomic mass is 10.0. The molecular weight excluding hydrogens is 278 g/mol. The van der Waals surface area contributed by atoms with Gasteiger partial charge in [-0.2, -0.15) is 5.26 Å². The molecule has 114 valence electrons. The Hall–Kier alpha value is -2.42. The van der Waals surface area contributed by atoms with Crippen molar-refractivity contribution in [1.82, 2.24) is 15.2 Å². The van der Waals surface area contributed by atoms with Crippen LogP contribution in [0.25, 0.3) is 0 Å². The third kappa shape index (κ3) is 3.42. The van der Waals surface area contributed by atoms with E-state index in [4.69, 9.17) is 9.68 Å². The Bertz CT molecular complexity index is 658. The molecule has 2 atom stereocenters. The van der Waals surface area contributed by atoms with Crippen LogP contribution in [0.3, 0.4) is 0 Å². The molecule has 1 N–H and O–H groups in total. The van der Waals surface area contributed by atoms with E-state index in [-0.39, 0.29) is 0 Å². The monoisotopic (exact) mass is 297 g/mol.